The summed E-state index contributed by atoms with van der Waals surface area (Å²) in [6.45, 7) is 2.26. The molecule has 1 saturated carbocycles. The van der Waals surface area contributed by atoms with Crippen molar-refractivity contribution in [3.05, 3.63) is 30.1 Å². The van der Waals surface area contributed by atoms with Crippen molar-refractivity contribution in [2.45, 2.75) is 38.6 Å². The van der Waals surface area contributed by atoms with Gasteiger partial charge >= 0.3 is 0 Å². The summed E-state index contributed by atoms with van der Waals surface area (Å²) in [4.78, 5) is 4.74. The average Bonchev–Trinajstić information content (AvgIpc) is 3.02. The fourth-order valence-corrected chi connectivity index (χ4v) is 3.12. The molecule has 0 saturated heterocycles. The van der Waals surface area contributed by atoms with Gasteiger partial charge in [0.05, 0.1) is 11.0 Å². The van der Waals surface area contributed by atoms with E-state index in [0.29, 0.717) is 11.9 Å². The SMILES string of the molecule is CCCC1CC1n1c(CCCl)nc2ccccc21. The number of hydrogen-bond donors (Lipinski definition) is 0. The molecule has 0 amide bonds. The Kier molecular flexibility index (Phi) is 3.29. The first-order valence-electron chi connectivity index (χ1n) is 6.87. The van der Waals surface area contributed by atoms with E-state index in [1.807, 2.05) is 0 Å². The summed E-state index contributed by atoms with van der Waals surface area (Å²) in [5.74, 6) is 2.66. The summed E-state index contributed by atoms with van der Waals surface area (Å²) in [6.07, 6.45) is 4.78. The van der Waals surface area contributed by atoms with Gasteiger partial charge in [-0.15, -0.1) is 11.6 Å². The van der Waals surface area contributed by atoms with Gasteiger partial charge in [-0.05, 0) is 30.9 Å². The Hall–Kier alpha value is -1.02. The van der Waals surface area contributed by atoms with Crippen LogP contribution in [0, 0.1) is 5.92 Å². The molecule has 3 rings (SSSR count). The average molecular weight is 263 g/mol. The minimum absolute atomic E-state index is 0.647. The highest BCUT2D eigenvalue weighted by Gasteiger charge is 2.39. The standard InChI is InChI=1S/C15H19ClN2/c1-2-5-11-10-14(11)18-13-7-4-3-6-12(13)17-15(18)8-9-16/h3-4,6-7,11,14H,2,5,8-10H2,1H3. The maximum atomic E-state index is 5.90. The molecule has 0 radical (unpaired) electrons. The zero-order valence-electron chi connectivity index (χ0n) is 10.8. The predicted molar refractivity (Wildman–Crippen MR) is 76.2 cm³/mol. The van der Waals surface area contributed by atoms with E-state index in [1.54, 1.807) is 0 Å². The Balaban J connectivity index is 2.00. The Morgan fingerprint density at radius 3 is 3.00 bits per heavy atom. The van der Waals surface area contributed by atoms with Crippen molar-refractivity contribution in [3.63, 3.8) is 0 Å². The zero-order chi connectivity index (χ0) is 12.5. The van der Waals surface area contributed by atoms with Crippen LogP contribution >= 0.6 is 11.6 Å². The quantitative estimate of drug-likeness (QED) is 0.739. The van der Waals surface area contributed by atoms with E-state index < -0.39 is 0 Å². The van der Waals surface area contributed by atoms with Gasteiger partial charge in [0, 0.05) is 18.3 Å². The molecule has 1 heterocycles. The van der Waals surface area contributed by atoms with Crippen molar-refractivity contribution in [1.29, 1.82) is 0 Å². The van der Waals surface area contributed by atoms with E-state index >= 15 is 0 Å². The second-order valence-corrected chi connectivity index (χ2v) is 5.56. The smallest absolute Gasteiger partial charge is 0.111 e. The van der Waals surface area contributed by atoms with Crippen molar-refractivity contribution in [3.8, 4) is 0 Å². The van der Waals surface area contributed by atoms with Gasteiger partial charge in [-0.3, -0.25) is 0 Å². The van der Waals surface area contributed by atoms with E-state index in [2.05, 4.69) is 35.8 Å². The Morgan fingerprint density at radius 2 is 2.22 bits per heavy atom. The lowest BCUT2D eigenvalue weighted by atomic mass is 10.2. The van der Waals surface area contributed by atoms with Crippen LogP contribution in [-0.4, -0.2) is 15.4 Å². The molecule has 2 nitrogen and oxygen atoms in total. The number of benzene rings is 1. The van der Waals surface area contributed by atoms with Crippen molar-refractivity contribution in [2.24, 2.45) is 5.92 Å². The lowest BCUT2D eigenvalue weighted by Gasteiger charge is -2.08. The molecular weight excluding hydrogens is 244 g/mol. The lowest BCUT2D eigenvalue weighted by molar-refractivity contribution is 0.600. The molecule has 0 aliphatic heterocycles. The second kappa shape index (κ2) is 4.93. The number of halogens is 1. The molecule has 1 fully saturated rings. The van der Waals surface area contributed by atoms with Crippen LogP contribution in [0.1, 0.15) is 38.1 Å². The third-order valence-corrected chi connectivity index (χ3v) is 4.05. The van der Waals surface area contributed by atoms with E-state index in [0.717, 1.165) is 23.7 Å². The van der Waals surface area contributed by atoms with Gasteiger partial charge in [0.15, 0.2) is 0 Å². The van der Waals surface area contributed by atoms with Crippen LogP contribution in [0.25, 0.3) is 11.0 Å². The summed E-state index contributed by atoms with van der Waals surface area (Å²) in [6, 6.07) is 9.10. The number of imidazole rings is 1. The molecule has 96 valence electrons. The van der Waals surface area contributed by atoms with Gasteiger partial charge in [-0.2, -0.15) is 0 Å². The monoisotopic (exact) mass is 262 g/mol. The van der Waals surface area contributed by atoms with Gasteiger partial charge < -0.3 is 4.57 Å². The zero-order valence-corrected chi connectivity index (χ0v) is 11.5. The fourth-order valence-electron chi connectivity index (χ4n) is 2.95. The molecule has 2 unspecified atom stereocenters. The molecule has 3 heteroatoms. The molecule has 2 atom stereocenters. The molecule has 0 spiro atoms. The number of aromatic nitrogens is 2. The molecule has 1 aromatic heterocycles. The number of fused-ring (bicyclic) bond motifs is 1. The molecule has 1 aromatic carbocycles. The fraction of sp³-hybridized carbons (Fsp3) is 0.533. The van der Waals surface area contributed by atoms with Gasteiger partial charge in [0.1, 0.15) is 5.82 Å². The van der Waals surface area contributed by atoms with E-state index in [-0.39, 0.29) is 0 Å². The molecule has 0 N–H and O–H groups in total. The van der Waals surface area contributed by atoms with Gasteiger partial charge in [-0.25, -0.2) is 4.98 Å². The first kappa shape index (κ1) is 12.0. The van der Waals surface area contributed by atoms with Crippen LogP contribution < -0.4 is 0 Å². The van der Waals surface area contributed by atoms with Crippen molar-refractivity contribution in [2.75, 3.05) is 5.88 Å². The number of hydrogen-bond acceptors (Lipinski definition) is 1. The van der Waals surface area contributed by atoms with Crippen LogP contribution in [0.2, 0.25) is 0 Å². The largest absolute Gasteiger partial charge is 0.325 e. The Morgan fingerprint density at radius 1 is 1.39 bits per heavy atom. The van der Waals surface area contributed by atoms with Gasteiger partial charge in [0.2, 0.25) is 0 Å². The van der Waals surface area contributed by atoms with Gasteiger partial charge in [0.25, 0.3) is 0 Å². The van der Waals surface area contributed by atoms with Crippen LogP contribution in [0.4, 0.5) is 0 Å². The topological polar surface area (TPSA) is 17.8 Å². The summed E-state index contributed by atoms with van der Waals surface area (Å²) in [5.41, 5.74) is 2.39. The Labute approximate surface area is 113 Å². The molecule has 1 aliphatic rings. The highest BCUT2D eigenvalue weighted by atomic mass is 35.5. The number of alkyl halides is 1. The summed E-state index contributed by atoms with van der Waals surface area (Å²) in [7, 11) is 0. The normalized spacial score (nSPS) is 22.6. The first-order valence-corrected chi connectivity index (χ1v) is 7.40. The van der Waals surface area contributed by atoms with E-state index in [4.69, 9.17) is 16.6 Å². The summed E-state index contributed by atoms with van der Waals surface area (Å²) in [5, 5.41) is 0. The molecular formula is C15H19ClN2. The maximum Gasteiger partial charge on any atom is 0.111 e. The molecule has 2 aromatic rings. The summed E-state index contributed by atoms with van der Waals surface area (Å²) >= 11 is 5.90. The maximum absolute atomic E-state index is 5.90. The number of para-hydroxylation sites is 2. The third kappa shape index (κ3) is 2.03. The first-order chi connectivity index (χ1) is 8.85. The highest BCUT2D eigenvalue weighted by molar-refractivity contribution is 6.17. The van der Waals surface area contributed by atoms with Crippen LogP contribution in [0.5, 0.6) is 0 Å². The van der Waals surface area contributed by atoms with Gasteiger partial charge in [-0.1, -0.05) is 25.5 Å². The second-order valence-electron chi connectivity index (χ2n) is 5.18. The minimum atomic E-state index is 0.647. The van der Waals surface area contributed by atoms with Crippen LogP contribution in [0.15, 0.2) is 24.3 Å². The lowest BCUT2D eigenvalue weighted by Crippen LogP contribution is -2.04. The van der Waals surface area contributed by atoms with Crippen molar-refractivity contribution >= 4 is 22.6 Å². The number of rotatable bonds is 5. The highest BCUT2D eigenvalue weighted by Crippen LogP contribution is 2.48. The number of aryl methyl sites for hydroxylation is 1. The minimum Gasteiger partial charge on any atom is -0.325 e. The predicted octanol–water partition coefficient (Wildman–Crippen LogP) is 4.18. The summed E-state index contributed by atoms with van der Waals surface area (Å²) < 4.78 is 2.44. The van der Waals surface area contributed by atoms with Crippen LogP contribution in [-0.2, 0) is 6.42 Å². The molecule has 18 heavy (non-hydrogen) atoms. The van der Waals surface area contributed by atoms with E-state index in [1.165, 1.54) is 24.8 Å². The number of nitrogens with zero attached hydrogens (tertiary/aromatic N) is 2. The molecule has 0 bridgehead atoms. The van der Waals surface area contributed by atoms with Crippen molar-refractivity contribution in [1.82, 2.24) is 9.55 Å². The van der Waals surface area contributed by atoms with E-state index in [9.17, 15) is 0 Å². The third-order valence-electron chi connectivity index (χ3n) is 3.86. The van der Waals surface area contributed by atoms with Crippen molar-refractivity contribution < 1.29 is 0 Å². The van der Waals surface area contributed by atoms with Crippen LogP contribution in [0.3, 0.4) is 0 Å². The molecule has 1 aliphatic carbocycles. The Bertz CT molecular complexity index is 546.